The Balaban J connectivity index is 0. The van der Waals surface area contributed by atoms with E-state index in [-0.39, 0.29) is 68.9 Å². The number of carbonyl (C=O) groups excluding carboxylic acids is 1. The molecule has 0 aliphatic rings. The van der Waals surface area contributed by atoms with Crippen LogP contribution in [0.1, 0.15) is 6.42 Å². The molecule has 0 aromatic rings. The molecule has 0 bridgehead atoms. The van der Waals surface area contributed by atoms with E-state index >= 15 is 0 Å². The second kappa shape index (κ2) is 12.5. The van der Waals surface area contributed by atoms with E-state index in [9.17, 15) is 4.79 Å². The van der Waals surface area contributed by atoms with Gasteiger partial charge in [-0.15, -0.1) is 6.58 Å². The van der Waals surface area contributed by atoms with E-state index < -0.39 is 0 Å². The first-order valence-electron chi connectivity index (χ1n) is 2.58. The first-order valence-corrected chi connectivity index (χ1v) is 2.58. The summed E-state index contributed by atoms with van der Waals surface area (Å²) < 4.78 is 0. The van der Waals surface area contributed by atoms with E-state index in [4.69, 9.17) is 0 Å². The average molecular weight is 255 g/mol. The van der Waals surface area contributed by atoms with E-state index in [0.29, 0.717) is 13.0 Å². The molecule has 0 fully saturated rings. The Morgan fingerprint density at radius 2 is 2.30 bits per heavy atom. The van der Waals surface area contributed by atoms with Gasteiger partial charge in [-0.25, -0.2) is 0 Å². The first-order chi connectivity index (χ1) is 4.41. The molecule has 0 saturated heterocycles. The summed E-state index contributed by atoms with van der Waals surface area (Å²) in [6.45, 7) is 3.85. The van der Waals surface area contributed by atoms with Gasteiger partial charge in [-0.1, -0.05) is 17.9 Å². The van der Waals surface area contributed by atoms with Gasteiger partial charge in [0.05, 0.1) is 0 Å². The van der Waals surface area contributed by atoms with Gasteiger partial charge in [0.15, 0.2) is 0 Å². The molecule has 10 heavy (non-hydrogen) atoms. The van der Waals surface area contributed by atoms with Gasteiger partial charge in [0.2, 0.25) is 0 Å². The van der Waals surface area contributed by atoms with Crippen molar-refractivity contribution in [3.05, 3.63) is 12.7 Å². The molecule has 0 saturated carbocycles. The Bertz CT molecular complexity index is 145. The topological polar surface area (TPSA) is 29.1 Å². The van der Waals surface area contributed by atoms with Crippen molar-refractivity contribution in [3.8, 4) is 11.8 Å². The standard InChI is InChI=1S/C7H8NO.Cs/c1-2-3-4-5-6-8-7-9;/h2H,1,3,6H2,(H,8,9);/q-1;+1. The summed E-state index contributed by atoms with van der Waals surface area (Å²) in [6.07, 6.45) is 3.89. The fourth-order valence-electron chi connectivity index (χ4n) is 0.287. The van der Waals surface area contributed by atoms with Gasteiger partial charge in [-0.05, 0) is 0 Å². The van der Waals surface area contributed by atoms with Crippen LogP contribution in [0.2, 0.25) is 0 Å². The molecule has 0 spiro atoms. The monoisotopic (exact) mass is 255 g/mol. The zero-order valence-electron chi connectivity index (χ0n) is 6.11. The van der Waals surface area contributed by atoms with Gasteiger partial charge in [-0.2, -0.15) is 6.41 Å². The van der Waals surface area contributed by atoms with Crippen LogP contribution in [0.3, 0.4) is 0 Å². The molecule has 1 amide bonds. The van der Waals surface area contributed by atoms with E-state index in [1.54, 1.807) is 6.08 Å². The van der Waals surface area contributed by atoms with Crippen LogP contribution in [0.25, 0.3) is 0 Å². The number of hydrogen-bond donors (Lipinski definition) is 1. The van der Waals surface area contributed by atoms with Crippen LogP contribution in [0.15, 0.2) is 12.7 Å². The van der Waals surface area contributed by atoms with Crippen molar-refractivity contribution in [2.24, 2.45) is 0 Å². The molecule has 48 valence electrons. The summed E-state index contributed by atoms with van der Waals surface area (Å²) in [5.41, 5.74) is 0. The zero-order chi connectivity index (χ0) is 6.95. The van der Waals surface area contributed by atoms with E-state index in [0.717, 1.165) is 0 Å². The maximum atomic E-state index is 9.51. The minimum atomic E-state index is 0. The first kappa shape index (κ1) is 13.4. The molecule has 2 nitrogen and oxygen atoms in total. The second-order valence-electron chi connectivity index (χ2n) is 1.30. The molecule has 1 N–H and O–H groups in total. The Labute approximate surface area is 120 Å². The fourth-order valence-corrected chi connectivity index (χ4v) is 0.287. The van der Waals surface area contributed by atoms with Crippen molar-refractivity contribution < 1.29 is 73.7 Å². The Morgan fingerprint density at radius 1 is 1.60 bits per heavy atom. The minimum Gasteiger partial charge on any atom is -0.520 e. The van der Waals surface area contributed by atoms with Crippen LogP contribution >= 0.6 is 0 Å². The minimum absolute atomic E-state index is 0. The van der Waals surface area contributed by atoms with Crippen molar-refractivity contribution in [1.82, 2.24) is 5.32 Å². The number of rotatable bonds is 3. The molecule has 0 atom stereocenters. The molecule has 0 unspecified atom stereocenters. The molecule has 0 heterocycles. The molecule has 0 aliphatic carbocycles. The van der Waals surface area contributed by atoms with Gasteiger partial charge in [0, 0.05) is 13.0 Å². The Morgan fingerprint density at radius 3 is 2.80 bits per heavy atom. The van der Waals surface area contributed by atoms with Crippen molar-refractivity contribution >= 4 is 6.41 Å². The van der Waals surface area contributed by atoms with Gasteiger partial charge in [0.1, 0.15) is 0 Å². The van der Waals surface area contributed by atoms with Crippen molar-refractivity contribution in [2.75, 3.05) is 6.54 Å². The second-order valence-corrected chi connectivity index (χ2v) is 1.30. The number of hydrogen-bond acceptors (Lipinski definition) is 1. The summed E-state index contributed by atoms with van der Waals surface area (Å²) in [4.78, 5) is 9.51. The van der Waals surface area contributed by atoms with Crippen molar-refractivity contribution in [3.63, 3.8) is 0 Å². The molecule has 3 heteroatoms. The molecular formula is C7H8CsNO. The van der Waals surface area contributed by atoms with Crippen LogP contribution in [0, 0.1) is 11.8 Å². The molecule has 0 aliphatic heterocycles. The van der Waals surface area contributed by atoms with Crippen molar-refractivity contribution in [1.29, 1.82) is 0 Å². The number of nitrogens with one attached hydrogen (secondary N) is 1. The summed E-state index contributed by atoms with van der Waals surface area (Å²) in [6, 6.07) is 0. The predicted octanol–water partition coefficient (Wildman–Crippen LogP) is -2.77. The molecule has 0 aromatic carbocycles. The van der Waals surface area contributed by atoms with Crippen LogP contribution in [-0.2, 0) is 4.79 Å². The summed E-state index contributed by atoms with van der Waals surface area (Å²) in [7, 11) is 0. The summed E-state index contributed by atoms with van der Waals surface area (Å²) in [5.74, 6) is 5.45. The third kappa shape index (κ3) is 11.6. The van der Waals surface area contributed by atoms with Crippen LogP contribution in [-0.4, -0.2) is 13.0 Å². The Kier molecular flexibility index (Phi) is 16.8. The van der Waals surface area contributed by atoms with Gasteiger partial charge < -0.3 is 10.1 Å². The maximum Gasteiger partial charge on any atom is 1.00 e. The summed E-state index contributed by atoms with van der Waals surface area (Å²) in [5, 5.41) is 2.29. The molecular weight excluding hydrogens is 247 g/mol. The summed E-state index contributed by atoms with van der Waals surface area (Å²) >= 11 is 0. The fraction of sp³-hybridized carbons (Fsp3) is 0.286. The van der Waals surface area contributed by atoms with Crippen LogP contribution < -0.4 is 74.2 Å². The van der Waals surface area contributed by atoms with E-state index in [2.05, 4.69) is 23.7 Å². The normalized spacial score (nSPS) is 6.00. The van der Waals surface area contributed by atoms with E-state index in [1.807, 2.05) is 0 Å². The smallest absolute Gasteiger partial charge is 0.520 e. The van der Waals surface area contributed by atoms with Gasteiger partial charge in [-0.3, -0.25) is 0 Å². The van der Waals surface area contributed by atoms with Crippen molar-refractivity contribution in [2.45, 2.75) is 6.42 Å². The van der Waals surface area contributed by atoms with Crippen LogP contribution in [0.4, 0.5) is 0 Å². The average Bonchev–Trinajstić information content (AvgIpc) is 1.89. The van der Waals surface area contributed by atoms with Gasteiger partial charge >= 0.3 is 68.9 Å². The SMILES string of the molecule is C=CCC#CCN[C-]=O.[Cs+]. The maximum absolute atomic E-state index is 9.51. The Hall–Kier alpha value is 0.822. The van der Waals surface area contributed by atoms with Crippen LogP contribution in [0.5, 0.6) is 0 Å². The molecule has 0 radical (unpaired) electrons. The quantitative estimate of drug-likeness (QED) is 0.191. The third-order valence-electron chi connectivity index (χ3n) is 0.620. The third-order valence-corrected chi connectivity index (χ3v) is 0.620. The number of amides is 1. The largest absolute Gasteiger partial charge is 1.00 e. The zero-order valence-corrected chi connectivity index (χ0v) is 12.4. The van der Waals surface area contributed by atoms with Gasteiger partial charge in [0.25, 0.3) is 0 Å². The predicted molar refractivity (Wildman–Crippen MR) is 36.3 cm³/mol. The molecule has 0 rings (SSSR count). The van der Waals surface area contributed by atoms with E-state index in [1.165, 1.54) is 6.41 Å². The number of allylic oxidation sites excluding steroid dienone is 1. The molecule has 0 aromatic heterocycles.